The van der Waals surface area contributed by atoms with E-state index in [1.54, 1.807) is 11.3 Å². The lowest BCUT2D eigenvalue weighted by molar-refractivity contribution is 0.206. The molecule has 2 rings (SSSR count). The maximum absolute atomic E-state index is 5.44. The van der Waals surface area contributed by atoms with Crippen molar-refractivity contribution in [3.8, 4) is 11.8 Å². The molecule has 0 saturated carbocycles. The minimum Gasteiger partial charge on any atom is -0.320 e. The summed E-state index contributed by atoms with van der Waals surface area (Å²) in [6.45, 7) is 7.29. The summed E-state index contributed by atoms with van der Waals surface area (Å²) in [6, 6.07) is 2.75. The summed E-state index contributed by atoms with van der Waals surface area (Å²) < 4.78 is 0. The molecule has 2 heterocycles. The zero-order chi connectivity index (χ0) is 13.0. The molecule has 0 amide bonds. The summed E-state index contributed by atoms with van der Waals surface area (Å²) in [5.41, 5.74) is 6.59. The predicted octanol–water partition coefficient (Wildman–Crippen LogP) is 2.38. The zero-order valence-electron chi connectivity index (χ0n) is 11.0. The van der Waals surface area contributed by atoms with E-state index in [1.807, 2.05) is 0 Å². The third-order valence-corrected chi connectivity index (χ3v) is 5.68. The number of nitrogens with zero attached hydrogens (tertiary/aromatic N) is 1. The summed E-state index contributed by atoms with van der Waals surface area (Å²) in [6.07, 6.45) is 0. The van der Waals surface area contributed by atoms with Crippen LogP contribution in [-0.4, -0.2) is 35.0 Å². The smallest absolute Gasteiger partial charge is 0.0555 e. The highest BCUT2D eigenvalue weighted by Gasteiger charge is 2.25. The summed E-state index contributed by atoms with van der Waals surface area (Å²) in [5.74, 6) is 7.36. The Morgan fingerprint density at radius 1 is 1.50 bits per heavy atom. The normalized spacial score (nSPS) is 24.6. The third kappa shape index (κ3) is 3.30. The van der Waals surface area contributed by atoms with Crippen LogP contribution < -0.4 is 5.73 Å². The first kappa shape index (κ1) is 14.0. The van der Waals surface area contributed by atoms with Gasteiger partial charge in [-0.15, -0.1) is 11.3 Å². The Bertz CT molecular complexity index is 444. The van der Waals surface area contributed by atoms with Crippen molar-refractivity contribution in [2.45, 2.75) is 31.7 Å². The molecule has 1 saturated heterocycles. The SMILES string of the molecule is CC1SCCN(Cc2sccc2C#CCN)C1C. The molecular weight excluding hydrogens is 260 g/mol. The van der Waals surface area contributed by atoms with E-state index in [0.717, 1.165) is 17.4 Å². The Balaban J connectivity index is 2.07. The van der Waals surface area contributed by atoms with Gasteiger partial charge >= 0.3 is 0 Å². The average molecular weight is 280 g/mol. The van der Waals surface area contributed by atoms with Crippen LogP contribution in [0.1, 0.15) is 24.3 Å². The molecule has 1 aliphatic rings. The second-order valence-electron chi connectivity index (χ2n) is 4.55. The molecule has 2 N–H and O–H groups in total. The van der Waals surface area contributed by atoms with Crippen LogP contribution in [-0.2, 0) is 6.54 Å². The largest absolute Gasteiger partial charge is 0.320 e. The lowest BCUT2D eigenvalue weighted by Crippen LogP contribution is -2.43. The molecule has 1 aliphatic heterocycles. The number of hydrogen-bond donors (Lipinski definition) is 1. The monoisotopic (exact) mass is 280 g/mol. The van der Waals surface area contributed by atoms with Crippen molar-refractivity contribution in [2.24, 2.45) is 5.73 Å². The molecule has 2 unspecified atom stereocenters. The molecule has 1 aromatic heterocycles. The minimum absolute atomic E-state index is 0.434. The van der Waals surface area contributed by atoms with E-state index < -0.39 is 0 Å². The van der Waals surface area contributed by atoms with Crippen LogP contribution in [0.3, 0.4) is 0 Å². The molecule has 0 aliphatic carbocycles. The Kier molecular flexibility index (Phi) is 5.13. The third-order valence-electron chi connectivity index (χ3n) is 3.43. The van der Waals surface area contributed by atoms with Gasteiger partial charge in [0.1, 0.15) is 0 Å². The Morgan fingerprint density at radius 3 is 3.11 bits per heavy atom. The molecule has 1 fully saturated rings. The molecule has 0 radical (unpaired) electrons. The molecule has 0 aromatic carbocycles. The van der Waals surface area contributed by atoms with Crippen molar-refractivity contribution >= 4 is 23.1 Å². The first-order valence-corrected chi connectivity index (χ1v) is 8.26. The van der Waals surface area contributed by atoms with Gasteiger partial charge in [-0.25, -0.2) is 0 Å². The van der Waals surface area contributed by atoms with E-state index in [0.29, 0.717) is 12.6 Å². The second-order valence-corrected chi connectivity index (χ2v) is 7.04. The maximum Gasteiger partial charge on any atom is 0.0555 e. The highest BCUT2D eigenvalue weighted by molar-refractivity contribution is 8.00. The van der Waals surface area contributed by atoms with Crippen molar-refractivity contribution in [2.75, 3.05) is 18.8 Å². The molecule has 2 nitrogen and oxygen atoms in total. The second kappa shape index (κ2) is 6.63. The van der Waals surface area contributed by atoms with Crippen molar-refractivity contribution in [1.82, 2.24) is 4.90 Å². The quantitative estimate of drug-likeness (QED) is 0.844. The van der Waals surface area contributed by atoms with E-state index in [-0.39, 0.29) is 0 Å². The van der Waals surface area contributed by atoms with Crippen molar-refractivity contribution < 1.29 is 0 Å². The number of hydrogen-bond acceptors (Lipinski definition) is 4. The number of thiophene rings is 1. The topological polar surface area (TPSA) is 29.3 Å². The van der Waals surface area contributed by atoms with Gasteiger partial charge in [0.2, 0.25) is 0 Å². The molecule has 0 spiro atoms. The Hall–Kier alpha value is -0.470. The van der Waals surface area contributed by atoms with Crippen LogP contribution in [0.2, 0.25) is 0 Å². The van der Waals surface area contributed by atoms with Crippen LogP contribution in [0.5, 0.6) is 0 Å². The van der Waals surface area contributed by atoms with Gasteiger partial charge in [-0.05, 0) is 18.4 Å². The summed E-state index contributed by atoms with van der Waals surface area (Å²) in [5, 5.41) is 2.85. The molecule has 18 heavy (non-hydrogen) atoms. The van der Waals surface area contributed by atoms with Crippen molar-refractivity contribution in [1.29, 1.82) is 0 Å². The fraction of sp³-hybridized carbons (Fsp3) is 0.571. The molecule has 4 heteroatoms. The summed E-state index contributed by atoms with van der Waals surface area (Å²) in [4.78, 5) is 3.95. The average Bonchev–Trinajstić information content (AvgIpc) is 2.80. The van der Waals surface area contributed by atoms with E-state index in [9.17, 15) is 0 Å². The standard InChI is InChI=1S/C14H20N2S2/c1-11-12(2)17-9-7-16(11)10-14-13(4-3-6-15)5-8-18-14/h5,8,11-12H,6-7,9-10,15H2,1-2H3. The zero-order valence-corrected chi connectivity index (χ0v) is 12.6. The predicted molar refractivity (Wildman–Crippen MR) is 82.0 cm³/mol. The molecule has 1 aromatic rings. The highest BCUT2D eigenvalue weighted by atomic mass is 32.2. The van der Waals surface area contributed by atoms with E-state index >= 15 is 0 Å². The van der Waals surface area contributed by atoms with Crippen LogP contribution in [0.4, 0.5) is 0 Å². The van der Waals surface area contributed by atoms with Gasteiger partial charge in [0, 0.05) is 40.6 Å². The number of thioether (sulfide) groups is 1. The van der Waals surface area contributed by atoms with Crippen LogP contribution in [0.25, 0.3) is 0 Å². The first-order chi connectivity index (χ1) is 8.72. The van der Waals surface area contributed by atoms with E-state index in [1.165, 1.54) is 17.2 Å². The molecule has 2 atom stereocenters. The van der Waals surface area contributed by atoms with Gasteiger partial charge < -0.3 is 5.73 Å². The van der Waals surface area contributed by atoms with Gasteiger partial charge in [0.15, 0.2) is 0 Å². The van der Waals surface area contributed by atoms with E-state index in [4.69, 9.17) is 5.73 Å². The minimum atomic E-state index is 0.434. The van der Waals surface area contributed by atoms with Crippen LogP contribution >= 0.6 is 23.1 Å². The van der Waals surface area contributed by atoms with Crippen LogP contribution in [0.15, 0.2) is 11.4 Å². The van der Waals surface area contributed by atoms with Gasteiger partial charge in [-0.3, -0.25) is 4.90 Å². The Labute approximate surface area is 118 Å². The lowest BCUT2D eigenvalue weighted by Gasteiger charge is -2.37. The first-order valence-electron chi connectivity index (χ1n) is 6.33. The van der Waals surface area contributed by atoms with E-state index in [2.05, 4.69) is 53.8 Å². The Morgan fingerprint density at radius 2 is 2.33 bits per heavy atom. The van der Waals surface area contributed by atoms with Gasteiger partial charge in [-0.2, -0.15) is 11.8 Å². The maximum atomic E-state index is 5.44. The summed E-state index contributed by atoms with van der Waals surface area (Å²) in [7, 11) is 0. The molecular formula is C14H20N2S2. The lowest BCUT2D eigenvalue weighted by atomic mass is 10.2. The van der Waals surface area contributed by atoms with Crippen molar-refractivity contribution in [3.05, 3.63) is 21.9 Å². The number of rotatable bonds is 2. The van der Waals surface area contributed by atoms with Crippen LogP contribution in [0, 0.1) is 11.8 Å². The van der Waals surface area contributed by atoms with Crippen molar-refractivity contribution in [3.63, 3.8) is 0 Å². The highest BCUT2D eigenvalue weighted by Crippen LogP contribution is 2.27. The van der Waals surface area contributed by atoms with Gasteiger partial charge in [0.05, 0.1) is 6.54 Å². The van der Waals surface area contributed by atoms with Gasteiger partial charge in [0.25, 0.3) is 0 Å². The summed E-state index contributed by atoms with van der Waals surface area (Å²) >= 11 is 3.88. The number of nitrogens with two attached hydrogens (primary N) is 1. The van der Waals surface area contributed by atoms with Gasteiger partial charge in [-0.1, -0.05) is 18.8 Å². The fourth-order valence-electron chi connectivity index (χ4n) is 2.12. The molecule has 0 bridgehead atoms. The molecule has 98 valence electrons. The fourth-order valence-corrected chi connectivity index (χ4v) is 4.14.